The van der Waals surface area contributed by atoms with Crippen LogP contribution in [0.5, 0.6) is 0 Å². The summed E-state index contributed by atoms with van der Waals surface area (Å²) in [5.74, 6) is -0.463. The fourth-order valence-electron chi connectivity index (χ4n) is 1.81. The highest BCUT2D eigenvalue weighted by Crippen LogP contribution is 2.22. The van der Waals surface area contributed by atoms with Crippen molar-refractivity contribution in [3.8, 4) is 0 Å². The molecule has 0 aliphatic rings. The molecule has 0 N–H and O–H groups in total. The number of carbonyl (C=O) groups excluding carboxylic acids is 1. The molecule has 0 saturated carbocycles. The molecule has 0 fully saturated rings. The highest BCUT2D eigenvalue weighted by molar-refractivity contribution is 7.92. The molecule has 0 heterocycles. The smallest absolute Gasteiger partial charge is 0.337 e. The molecule has 0 aliphatic heterocycles. The molecule has 0 amide bonds. The van der Waals surface area contributed by atoms with E-state index in [4.69, 9.17) is 0 Å². The van der Waals surface area contributed by atoms with Crippen LogP contribution >= 0.6 is 0 Å². The van der Waals surface area contributed by atoms with Crippen LogP contribution in [0.2, 0.25) is 0 Å². The lowest BCUT2D eigenvalue weighted by molar-refractivity contribution is 0.0601. The number of hydrogen-bond acceptors (Lipinski definition) is 4. The Morgan fingerprint density at radius 2 is 1.57 bits per heavy atom. The number of rotatable bonds is 4. The van der Waals surface area contributed by atoms with Crippen LogP contribution in [0, 0.1) is 0 Å². The summed E-state index contributed by atoms with van der Waals surface area (Å²) in [5, 5.41) is 0. The fraction of sp³-hybridized carbons (Fsp3) is 0.133. The molecule has 2 aromatic carbocycles. The number of carbonyl (C=O) groups is 1. The van der Waals surface area contributed by atoms with E-state index in [0.29, 0.717) is 11.3 Å². The van der Waals surface area contributed by atoms with Crippen molar-refractivity contribution in [1.82, 2.24) is 0 Å². The van der Waals surface area contributed by atoms with Crippen LogP contribution < -0.4 is 4.31 Å². The van der Waals surface area contributed by atoms with Crippen molar-refractivity contribution in [3.63, 3.8) is 0 Å². The Morgan fingerprint density at radius 1 is 1.00 bits per heavy atom. The van der Waals surface area contributed by atoms with Gasteiger partial charge in [0.05, 0.1) is 23.3 Å². The molecule has 0 unspecified atom stereocenters. The third kappa shape index (κ3) is 3.05. The van der Waals surface area contributed by atoms with Crippen LogP contribution in [-0.2, 0) is 14.8 Å². The Kier molecular flexibility index (Phi) is 4.28. The van der Waals surface area contributed by atoms with Gasteiger partial charge in [-0.2, -0.15) is 0 Å². The van der Waals surface area contributed by atoms with Crippen LogP contribution in [0.25, 0.3) is 0 Å². The van der Waals surface area contributed by atoms with Gasteiger partial charge in [-0.15, -0.1) is 0 Å². The average molecular weight is 305 g/mol. The quantitative estimate of drug-likeness (QED) is 0.813. The monoisotopic (exact) mass is 305 g/mol. The van der Waals surface area contributed by atoms with E-state index in [2.05, 4.69) is 4.74 Å². The van der Waals surface area contributed by atoms with Crippen molar-refractivity contribution in [1.29, 1.82) is 0 Å². The summed E-state index contributed by atoms with van der Waals surface area (Å²) < 4.78 is 30.7. The standard InChI is InChI=1S/C15H15NO4S/c1-16(21(18,19)14-6-4-3-5-7-14)13-10-8-12(9-11-13)15(17)20-2/h3-11H,1-2H3. The second kappa shape index (κ2) is 5.97. The van der Waals surface area contributed by atoms with E-state index in [1.54, 1.807) is 30.3 Å². The van der Waals surface area contributed by atoms with E-state index in [1.807, 2.05) is 0 Å². The second-order valence-corrected chi connectivity index (χ2v) is 6.29. The zero-order valence-corrected chi connectivity index (χ0v) is 12.5. The van der Waals surface area contributed by atoms with E-state index < -0.39 is 16.0 Å². The number of benzene rings is 2. The number of ether oxygens (including phenoxy) is 1. The molecule has 6 heteroatoms. The van der Waals surface area contributed by atoms with Gasteiger partial charge in [-0.1, -0.05) is 18.2 Å². The molecule has 0 bridgehead atoms. The Labute approximate surface area is 123 Å². The van der Waals surface area contributed by atoms with Crippen LogP contribution in [0.1, 0.15) is 10.4 Å². The first kappa shape index (κ1) is 15.1. The summed E-state index contributed by atoms with van der Waals surface area (Å²) >= 11 is 0. The van der Waals surface area contributed by atoms with E-state index >= 15 is 0 Å². The lowest BCUT2D eigenvalue weighted by atomic mass is 10.2. The molecule has 0 aliphatic carbocycles. The summed E-state index contributed by atoms with van der Waals surface area (Å²) in [6, 6.07) is 14.3. The predicted molar refractivity (Wildman–Crippen MR) is 79.8 cm³/mol. The van der Waals surface area contributed by atoms with Gasteiger partial charge in [0.2, 0.25) is 0 Å². The van der Waals surface area contributed by atoms with Crippen LogP contribution in [0.3, 0.4) is 0 Å². The van der Waals surface area contributed by atoms with E-state index in [-0.39, 0.29) is 4.90 Å². The third-order valence-corrected chi connectivity index (χ3v) is 4.85. The lowest BCUT2D eigenvalue weighted by Crippen LogP contribution is -2.26. The molecule has 21 heavy (non-hydrogen) atoms. The number of anilines is 1. The van der Waals surface area contributed by atoms with Gasteiger partial charge in [-0.05, 0) is 36.4 Å². The summed E-state index contributed by atoms with van der Waals surface area (Å²) in [7, 11) is -0.852. The van der Waals surface area contributed by atoms with Gasteiger partial charge in [0.1, 0.15) is 0 Å². The number of methoxy groups -OCH3 is 1. The first-order valence-electron chi connectivity index (χ1n) is 6.19. The molecule has 5 nitrogen and oxygen atoms in total. The zero-order chi connectivity index (χ0) is 15.5. The van der Waals surface area contributed by atoms with Gasteiger partial charge in [-0.3, -0.25) is 4.31 Å². The van der Waals surface area contributed by atoms with E-state index in [0.717, 1.165) is 0 Å². The highest BCUT2D eigenvalue weighted by atomic mass is 32.2. The minimum absolute atomic E-state index is 0.213. The van der Waals surface area contributed by atoms with Gasteiger partial charge in [-0.25, -0.2) is 13.2 Å². The van der Waals surface area contributed by atoms with Crippen LogP contribution in [0.15, 0.2) is 59.5 Å². The van der Waals surface area contributed by atoms with Gasteiger partial charge in [0.15, 0.2) is 0 Å². The molecule has 0 radical (unpaired) electrons. The summed E-state index contributed by atoms with van der Waals surface area (Å²) in [6.07, 6.45) is 0. The Morgan fingerprint density at radius 3 is 2.10 bits per heavy atom. The third-order valence-electron chi connectivity index (χ3n) is 3.05. The number of nitrogens with zero attached hydrogens (tertiary/aromatic N) is 1. The molecule has 2 aromatic rings. The topological polar surface area (TPSA) is 63.7 Å². The normalized spacial score (nSPS) is 11.0. The highest BCUT2D eigenvalue weighted by Gasteiger charge is 2.21. The maximum atomic E-state index is 12.4. The van der Waals surface area contributed by atoms with Crippen molar-refractivity contribution >= 4 is 21.7 Å². The maximum Gasteiger partial charge on any atom is 0.337 e. The van der Waals surface area contributed by atoms with Crippen LogP contribution in [-0.4, -0.2) is 28.5 Å². The van der Waals surface area contributed by atoms with Gasteiger partial charge in [0, 0.05) is 7.05 Å². The maximum absolute atomic E-state index is 12.4. The zero-order valence-electron chi connectivity index (χ0n) is 11.7. The minimum atomic E-state index is -3.61. The Balaban J connectivity index is 2.32. The number of hydrogen-bond donors (Lipinski definition) is 0. The van der Waals surface area contributed by atoms with Crippen molar-refractivity contribution in [2.75, 3.05) is 18.5 Å². The van der Waals surface area contributed by atoms with Gasteiger partial charge >= 0.3 is 5.97 Å². The number of sulfonamides is 1. The first-order chi connectivity index (χ1) is 9.96. The summed E-state index contributed by atoms with van der Waals surface area (Å²) in [6.45, 7) is 0. The van der Waals surface area contributed by atoms with Crippen molar-refractivity contribution in [2.45, 2.75) is 4.90 Å². The van der Waals surface area contributed by atoms with E-state index in [1.165, 1.54) is 42.7 Å². The van der Waals surface area contributed by atoms with Crippen molar-refractivity contribution in [3.05, 3.63) is 60.2 Å². The van der Waals surface area contributed by atoms with Gasteiger partial charge in [0.25, 0.3) is 10.0 Å². The largest absolute Gasteiger partial charge is 0.465 e. The molecule has 0 atom stereocenters. The molecule has 2 rings (SSSR count). The summed E-state index contributed by atoms with van der Waals surface area (Å²) in [4.78, 5) is 11.6. The predicted octanol–water partition coefficient (Wildman–Crippen LogP) is 2.30. The molecular formula is C15H15NO4S. The number of esters is 1. The van der Waals surface area contributed by atoms with Gasteiger partial charge < -0.3 is 4.74 Å². The van der Waals surface area contributed by atoms with Crippen LogP contribution in [0.4, 0.5) is 5.69 Å². The first-order valence-corrected chi connectivity index (χ1v) is 7.63. The molecule has 0 spiro atoms. The molecular weight excluding hydrogens is 290 g/mol. The van der Waals surface area contributed by atoms with E-state index in [9.17, 15) is 13.2 Å². The van der Waals surface area contributed by atoms with Crippen molar-refractivity contribution in [2.24, 2.45) is 0 Å². The molecule has 0 saturated heterocycles. The van der Waals surface area contributed by atoms with Crippen molar-refractivity contribution < 1.29 is 17.9 Å². The Hall–Kier alpha value is -2.34. The summed E-state index contributed by atoms with van der Waals surface area (Å²) in [5.41, 5.74) is 0.832. The average Bonchev–Trinajstić information content (AvgIpc) is 2.54. The lowest BCUT2D eigenvalue weighted by Gasteiger charge is -2.19. The SMILES string of the molecule is COC(=O)c1ccc(N(C)S(=O)(=O)c2ccccc2)cc1. The molecule has 0 aromatic heterocycles. The Bertz CT molecular complexity index is 724. The fourth-order valence-corrected chi connectivity index (χ4v) is 3.03. The molecule has 110 valence electrons. The second-order valence-electron chi connectivity index (χ2n) is 4.32. The minimum Gasteiger partial charge on any atom is -0.465 e.